The van der Waals surface area contributed by atoms with Gasteiger partial charge in [-0.05, 0) is 36.6 Å². The Hall–Kier alpha value is -3.54. The lowest BCUT2D eigenvalue weighted by Crippen LogP contribution is -2.23. The summed E-state index contributed by atoms with van der Waals surface area (Å²) in [7, 11) is 0. The number of carbonyl (C=O) groups excluding carboxylic acids is 1. The predicted octanol–water partition coefficient (Wildman–Crippen LogP) is 3.31. The maximum absolute atomic E-state index is 12.5. The molecule has 0 saturated heterocycles. The van der Waals surface area contributed by atoms with E-state index in [1.165, 1.54) is 5.56 Å². The molecule has 4 rings (SSSR count). The highest BCUT2D eigenvalue weighted by atomic mass is 16.1. The fraction of sp³-hybridized carbons (Fsp3) is 0.182. The Balaban J connectivity index is 1.49. The second-order valence-corrected chi connectivity index (χ2v) is 6.68. The van der Waals surface area contributed by atoms with Crippen molar-refractivity contribution >= 4 is 16.9 Å². The smallest absolute Gasteiger partial charge is 0.253 e. The van der Waals surface area contributed by atoms with Crippen molar-refractivity contribution in [3.05, 3.63) is 89.5 Å². The molecule has 6 nitrogen and oxygen atoms in total. The quantitative estimate of drug-likeness (QED) is 0.564. The van der Waals surface area contributed by atoms with Crippen LogP contribution in [0.15, 0.2) is 67.1 Å². The molecule has 3 heterocycles. The van der Waals surface area contributed by atoms with Crippen molar-refractivity contribution in [1.29, 1.82) is 0 Å². The van der Waals surface area contributed by atoms with Gasteiger partial charge in [0.05, 0.1) is 11.3 Å². The number of carbonyl (C=O) groups is 1. The Bertz CT molecular complexity index is 1090. The first kappa shape index (κ1) is 17.9. The molecule has 0 aliphatic heterocycles. The zero-order chi connectivity index (χ0) is 19.3. The molecular formula is C22H21N5O. The number of nitrogens with one attached hydrogen (secondary N) is 1. The number of hydrogen-bond acceptors (Lipinski definition) is 4. The van der Waals surface area contributed by atoms with E-state index < -0.39 is 0 Å². The summed E-state index contributed by atoms with van der Waals surface area (Å²) in [4.78, 5) is 21.1. The van der Waals surface area contributed by atoms with Gasteiger partial charge in [-0.25, -0.2) is 9.67 Å². The van der Waals surface area contributed by atoms with E-state index in [1.54, 1.807) is 18.6 Å². The normalized spacial score (nSPS) is 10.9. The van der Waals surface area contributed by atoms with Crippen LogP contribution in [0.4, 0.5) is 0 Å². The summed E-state index contributed by atoms with van der Waals surface area (Å²) in [5.41, 5.74) is 4.42. The number of rotatable bonds is 6. The van der Waals surface area contributed by atoms with Crippen LogP contribution in [0, 0.1) is 6.92 Å². The van der Waals surface area contributed by atoms with Crippen molar-refractivity contribution in [2.75, 3.05) is 0 Å². The topological polar surface area (TPSA) is 72.7 Å². The highest BCUT2D eigenvalue weighted by Gasteiger charge is 2.13. The average Bonchev–Trinajstić information content (AvgIpc) is 3.07. The van der Waals surface area contributed by atoms with Gasteiger partial charge in [-0.2, -0.15) is 5.10 Å². The van der Waals surface area contributed by atoms with Gasteiger partial charge >= 0.3 is 0 Å². The minimum atomic E-state index is -0.158. The number of fused-ring (bicyclic) bond motifs is 1. The largest absolute Gasteiger partial charge is 0.348 e. The Morgan fingerprint density at radius 1 is 1.07 bits per heavy atom. The molecular weight excluding hydrogens is 350 g/mol. The van der Waals surface area contributed by atoms with Gasteiger partial charge in [0.2, 0.25) is 0 Å². The molecule has 0 radical (unpaired) electrons. The third-order valence-electron chi connectivity index (χ3n) is 4.66. The molecule has 28 heavy (non-hydrogen) atoms. The van der Waals surface area contributed by atoms with Gasteiger partial charge in [-0.3, -0.25) is 9.78 Å². The highest BCUT2D eigenvalue weighted by molar-refractivity contribution is 5.97. The summed E-state index contributed by atoms with van der Waals surface area (Å²) in [6, 6.07) is 15.9. The lowest BCUT2D eigenvalue weighted by Gasteiger charge is -2.06. The van der Waals surface area contributed by atoms with Crippen molar-refractivity contribution in [1.82, 2.24) is 25.1 Å². The van der Waals surface area contributed by atoms with Gasteiger partial charge in [0.1, 0.15) is 0 Å². The molecule has 0 spiro atoms. The maximum Gasteiger partial charge on any atom is 0.253 e. The Labute approximate surface area is 163 Å². The average molecular weight is 371 g/mol. The van der Waals surface area contributed by atoms with Crippen molar-refractivity contribution < 1.29 is 4.79 Å². The van der Waals surface area contributed by atoms with Gasteiger partial charge in [0.25, 0.3) is 5.91 Å². The molecule has 4 aromatic rings. The zero-order valence-electron chi connectivity index (χ0n) is 15.7. The van der Waals surface area contributed by atoms with Crippen LogP contribution >= 0.6 is 0 Å². The predicted molar refractivity (Wildman–Crippen MR) is 108 cm³/mol. The number of nitrogens with zero attached hydrogens (tertiary/aromatic N) is 4. The van der Waals surface area contributed by atoms with Crippen molar-refractivity contribution in [2.24, 2.45) is 0 Å². The molecule has 1 N–H and O–H groups in total. The van der Waals surface area contributed by atoms with Gasteiger partial charge in [-0.15, -0.1) is 0 Å². The van der Waals surface area contributed by atoms with E-state index in [-0.39, 0.29) is 5.91 Å². The second-order valence-electron chi connectivity index (χ2n) is 6.68. The Morgan fingerprint density at radius 2 is 1.89 bits per heavy atom. The van der Waals surface area contributed by atoms with E-state index in [9.17, 15) is 4.79 Å². The molecule has 0 aliphatic rings. The van der Waals surface area contributed by atoms with Crippen LogP contribution in [0.1, 0.15) is 27.2 Å². The van der Waals surface area contributed by atoms with Crippen LogP contribution in [0.25, 0.3) is 11.0 Å². The monoisotopic (exact) mass is 371 g/mol. The summed E-state index contributed by atoms with van der Waals surface area (Å²) in [5.74, 6) is -0.158. The molecule has 1 aromatic carbocycles. The number of hydrogen-bond donors (Lipinski definition) is 1. The summed E-state index contributed by atoms with van der Waals surface area (Å²) >= 11 is 0. The van der Waals surface area contributed by atoms with Crippen LogP contribution in [0.2, 0.25) is 0 Å². The number of amides is 1. The Morgan fingerprint density at radius 3 is 2.68 bits per heavy atom. The third kappa shape index (κ3) is 3.91. The van der Waals surface area contributed by atoms with Crippen LogP contribution < -0.4 is 5.32 Å². The van der Waals surface area contributed by atoms with Crippen LogP contribution in [0.5, 0.6) is 0 Å². The lowest BCUT2D eigenvalue weighted by atomic mass is 10.1. The summed E-state index contributed by atoms with van der Waals surface area (Å²) in [5, 5.41) is 8.42. The molecule has 0 aliphatic carbocycles. The first-order valence-corrected chi connectivity index (χ1v) is 9.25. The van der Waals surface area contributed by atoms with Crippen LogP contribution in [-0.2, 0) is 19.5 Å². The molecule has 0 saturated carbocycles. The third-order valence-corrected chi connectivity index (χ3v) is 4.66. The molecule has 0 atom stereocenters. The highest BCUT2D eigenvalue weighted by Crippen LogP contribution is 2.18. The van der Waals surface area contributed by atoms with Crippen molar-refractivity contribution in [3.63, 3.8) is 0 Å². The lowest BCUT2D eigenvalue weighted by molar-refractivity contribution is 0.0950. The molecule has 140 valence electrons. The first-order chi connectivity index (χ1) is 13.7. The van der Waals surface area contributed by atoms with Gasteiger partial charge in [-0.1, -0.05) is 36.4 Å². The van der Waals surface area contributed by atoms with E-state index in [0.717, 1.165) is 35.3 Å². The first-order valence-electron chi connectivity index (χ1n) is 9.25. The van der Waals surface area contributed by atoms with Gasteiger partial charge < -0.3 is 5.32 Å². The molecule has 6 heteroatoms. The molecule has 0 unspecified atom stereocenters. The number of aryl methyl sites for hydroxylation is 3. The fourth-order valence-electron chi connectivity index (χ4n) is 3.16. The molecule has 0 fully saturated rings. The number of aromatic nitrogens is 4. The summed E-state index contributed by atoms with van der Waals surface area (Å²) < 4.78 is 1.91. The van der Waals surface area contributed by atoms with E-state index in [0.29, 0.717) is 12.1 Å². The van der Waals surface area contributed by atoms with Crippen molar-refractivity contribution in [2.45, 2.75) is 26.4 Å². The Kier molecular flexibility index (Phi) is 5.10. The van der Waals surface area contributed by atoms with E-state index >= 15 is 0 Å². The SMILES string of the molecule is Cc1nn(CCc2ccccc2)c2ncc(C(=O)NCc3cccnc3)cc12. The second kappa shape index (κ2) is 8.00. The van der Waals surface area contributed by atoms with Gasteiger partial charge in [0, 0.05) is 37.1 Å². The van der Waals surface area contributed by atoms with Crippen LogP contribution in [0.3, 0.4) is 0 Å². The molecule has 3 aromatic heterocycles. The van der Waals surface area contributed by atoms with Crippen LogP contribution in [-0.4, -0.2) is 25.7 Å². The molecule has 0 bridgehead atoms. The summed E-state index contributed by atoms with van der Waals surface area (Å²) in [6.07, 6.45) is 5.94. The number of pyridine rings is 2. The number of benzene rings is 1. The zero-order valence-corrected chi connectivity index (χ0v) is 15.7. The van der Waals surface area contributed by atoms with Gasteiger partial charge in [0.15, 0.2) is 5.65 Å². The summed E-state index contributed by atoms with van der Waals surface area (Å²) in [6.45, 7) is 3.12. The van der Waals surface area contributed by atoms with E-state index in [2.05, 4.69) is 32.5 Å². The minimum absolute atomic E-state index is 0.158. The van der Waals surface area contributed by atoms with E-state index in [1.807, 2.05) is 48.0 Å². The fourth-order valence-corrected chi connectivity index (χ4v) is 3.16. The standard InChI is InChI=1S/C22H21N5O/c1-16-20-12-19(22(28)25-14-18-8-5-10-23-13-18)15-24-21(20)27(26-16)11-9-17-6-3-2-4-7-17/h2-8,10,12-13,15H,9,11,14H2,1H3,(H,25,28). The minimum Gasteiger partial charge on any atom is -0.348 e. The van der Waals surface area contributed by atoms with Crippen molar-refractivity contribution in [3.8, 4) is 0 Å². The molecule has 1 amide bonds. The maximum atomic E-state index is 12.5. The van der Waals surface area contributed by atoms with E-state index in [4.69, 9.17) is 0 Å².